The lowest BCUT2D eigenvalue weighted by Crippen LogP contribution is -2.50. The Morgan fingerprint density at radius 3 is 2.90 bits per heavy atom. The summed E-state index contributed by atoms with van der Waals surface area (Å²) in [4.78, 5) is 25.0. The third-order valence-electron chi connectivity index (χ3n) is 3.36. The van der Waals surface area contributed by atoms with Crippen LogP contribution < -0.4 is 5.32 Å². The van der Waals surface area contributed by atoms with Gasteiger partial charge in [-0.1, -0.05) is 18.5 Å². The minimum absolute atomic E-state index is 0.0249. The summed E-state index contributed by atoms with van der Waals surface area (Å²) < 4.78 is 5.35. The molecule has 1 heterocycles. The van der Waals surface area contributed by atoms with Crippen molar-refractivity contribution < 1.29 is 19.4 Å². The second kappa shape index (κ2) is 6.78. The standard InChI is InChI=1S/C14H17ClN2O4/c1-2-12-8-21-4-3-17(12)14(20)16-11-6-9(13(18)19)5-10(15)7-11/h5-7,12H,2-4,8H2,1H3,(H,16,20)(H,18,19). The van der Waals surface area contributed by atoms with Gasteiger partial charge in [-0.2, -0.15) is 0 Å². The maximum atomic E-state index is 12.3. The van der Waals surface area contributed by atoms with Crippen LogP contribution in [0.15, 0.2) is 18.2 Å². The molecule has 7 heteroatoms. The van der Waals surface area contributed by atoms with Crippen molar-refractivity contribution in [2.45, 2.75) is 19.4 Å². The number of nitrogens with zero attached hydrogens (tertiary/aromatic N) is 1. The number of hydrogen-bond acceptors (Lipinski definition) is 3. The molecule has 1 saturated heterocycles. The minimum Gasteiger partial charge on any atom is -0.478 e. The van der Waals surface area contributed by atoms with Gasteiger partial charge in [0.1, 0.15) is 0 Å². The summed E-state index contributed by atoms with van der Waals surface area (Å²) in [5, 5.41) is 12.0. The summed E-state index contributed by atoms with van der Waals surface area (Å²) >= 11 is 5.87. The molecule has 1 aromatic rings. The molecular weight excluding hydrogens is 296 g/mol. The van der Waals surface area contributed by atoms with Gasteiger partial charge in [-0.25, -0.2) is 9.59 Å². The number of benzene rings is 1. The second-order valence-electron chi connectivity index (χ2n) is 4.79. The fourth-order valence-corrected chi connectivity index (χ4v) is 2.48. The van der Waals surface area contributed by atoms with Gasteiger partial charge in [-0.3, -0.25) is 0 Å². The number of urea groups is 1. The summed E-state index contributed by atoms with van der Waals surface area (Å²) in [5.74, 6) is -1.09. The van der Waals surface area contributed by atoms with E-state index in [0.29, 0.717) is 25.4 Å². The zero-order valence-electron chi connectivity index (χ0n) is 11.6. The van der Waals surface area contributed by atoms with Gasteiger partial charge in [0.25, 0.3) is 0 Å². The number of nitrogens with one attached hydrogen (secondary N) is 1. The molecule has 1 fully saturated rings. The van der Waals surface area contributed by atoms with Crippen molar-refractivity contribution in [2.24, 2.45) is 0 Å². The van der Waals surface area contributed by atoms with E-state index in [-0.39, 0.29) is 22.7 Å². The molecule has 1 atom stereocenters. The zero-order chi connectivity index (χ0) is 15.4. The molecule has 6 nitrogen and oxygen atoms in total. The molecule has 1 aromatic carbocycles. The lowest BCUT2D eigenvalue weighted by molar-refractivity contribution is 0.0144. The minimum atomic E-state index is -1.09. The Hall–Kier alpha value is -1.79. The van der Waals surface area contributed by atoms with Crippen molar-refractivity contribution in [1.82, 2.24) is 4.90 Å². The molecule has 1 aliphatic heterocycles. The molecule has 21 heavy (non-hydrogen) atoms. The van der Waals surface area contributed by atoms with E-state index in [2.05, 4.69) is 5.32 Å². The Balaban J connectivity index is 2.13. The highest BCUT2D eigenvalue weighted by Gasteiger charge is 2.26. The lowest BCUT2D eigenvalue weighted by atomic mass is 10.2. The number of amides is 2. The van der Waals surface area contributed by atoms with E-state index in [1.165, 1.54) is 18.2 Å². The monoisotopic (exact) mass is 312 g/mol. The van der Waals surface area contributed by atoms with Crippen LogP contribution in [0.4, 0.5) is 10.5 Å². The van der Waals surface area contributed by atoms with Crippen LogP contribution in [0.1, 0.15) is 23.7 Å². The summed E-state index contributed by atoms with van der Waals surface area (Å²) in [5.41, 5.74) is 0.401. The van der Waals surface area contributed by atoms with Gasteiger partial charge in [-0.15, -0.1) is 0 Å². The number of morpholine rings is 1. The van der Waals surface area contributed by atoms with Crippen molar-refractivity contribution in [3.8, 4) is 0 Å². The number of carboxylic acids is 1. The number of ether oxygens (including phenoxy) is 1. The van der Waals surface area contributed by atoms with Gasteiger partial charge in [0.15, 0.2) is 0 Å². The second-order valence-corrected chi connectivity index (χ2v) is 5.23. The van der Waals surface area contributed by atoms with E-state index >= 15 is 0 Å². The molecule has 1 unspecified atom stereocenters. The summed E-state index contributed by atoms with van der Waals surface area (Å²) in [7, 11) is 0. The van der Waals surface area contributed by atoms with Crippen molar-refractivity contribution in [3.63, 3.8) is 0 Å². The first-order valence-corrected chi connectivity index (χ1v) is 7.08. The lowest BCUT2D eigenvalue weighted by Gasteiger charge is -2.35. The molecule has 0 aliphatic carbocycles. The van der Waals surface area contributed by atoms with Crippen molar-refractivity contribution in [2.75, 3.05) is 25.1 Å². The van der Waals surface area contributed by atoms with Crippen LogP contribution in [0.2, 0.25) is 5.02 Å². The molecule has 0 bridgehead atoms. The average molecular weight is 313 g/mol. The Kier molecular flexibility index (Phi) is 5.03. The fraction of sp³-hybridized carbons (Fsp3) is 0.429. The zero-order valence-corrected chi connectivity index (χ0v) is 12.4. The summed E-state index contributed by atoms with van der Waals surface area (Å²) in [6.45, 7) is 3.51. The van der Waals surface area contributed by atoms with Gasteiger partial charge in [0, 0.05) is 17.3 Å². The smallest absolute Gasteiger partial charge is 0.335 e. The molecule has 2 N–H and O–H groups in total. The van der Waals surface area contributed by atoms with Crippen LogP contribution >= 0.6 is 11.6 Å². The highest BCUT2D eigenvalue weighted by molar-refractivity contribution is 6.31. The van der Waals surface area contributed by atoms with E-state index in [0.717, 1.165) is 6.42 Å². The third kappa shape index (κ3) is 3.86. The summed E-state index contributed by atoms with van der Waals surface area (Å²) in [6, 6.07) is 3.99. The predicted octanol–water partition coefficient (Wildman–Crippen LogP) is 2.68. The first-order valence-electron chi connectivity index (χ1n) is 6.70. The van der Waals surface area contributed by atoms with E-state index in [9.17, 15) is 9.59 Å². The Morgan fingerprint density at radius 1 is 1.48 bits per heavy atom. The Labute approximate surface area is 127 Å². The first-order chi connectivity index (χ1) is 10.0. The number of carbonyl (C=O) groups is 2. The molecule has 114 valence electrons. The third-order valence-corrected chi connectivity index (χ3v) is 3.57. The molecule has 2 rings (SSSR count). The van der Waals surface area contributed by atoms with E-state index in [4.69, 9.17) is 21.4 Å². The number of hydrogen-bond donors (Lipinski definition) is 2. The molecular formula is C14H17ClN2O4. The van der Waals surface area contributed by atoms with Crippen LogP contribution in [-0.2, 0) is 4.74 Å². The molecule has 0 spiro atoms. The van der Waals surface area contributed by atoms with Gasteiger partial charge in [0.2, 0.25) is 0 Å². The maximum absolute atomic E-state index is 12.3. The first kappa shape index (κ1) is 15.6. The van der Waals surface area contributed by atoms with Gasteiger partial charge in [-0.05, 0) is 24.6 Å². The number of carbonyl (C=O) groups excluding carboxylic acids is 1. The number of rotatable bonds is 3. The molecule has 2 amide bonds. The molecule has 0 aromatic heterocycles. The van der Waals surface area contributed by atoms with Gasteiger partial charge >= 0.3 is 12.0 Å². The van der Waals surface area contributed by atoms with Crippen LogP contribution in [0.25, 0.3) is 0 Å². The van der Waals surface area contributed by atoms with Gasteiger partial charge in [0.05, 0.1) is 24.8 Å². The molecule has 1 aliphatic rings. The highest BCUT2D eigenvalue weighted by atomic mass is 35.5. The summed E-state index contributed by atoms with van der Waals surface area (Å²) in [6.07, 6.45) is 0.795. The van der Waals surface area contributed by atoms with Crippen molar-refractivity contribution >= 4 is 29.3 Å². The topological polar surface area (TPSA) is 78.9 Å². The average Bonchev–Trinajstić information content (AvgIpc) is 2.46. The highest BCUT2D eigenvalue weighted by Crippen LogP contribution is 2.20. The fourth-order valence-electron chi connectivity index (χ4n) is 2.24. The van der Waals surface area contributed by atoms with E-state index in [1.54, 1.807) is 4.90 Å². The Bertz CT molecular complexity index is 550. The quantitative estimate of drug-likeness (QED) is 0.899. The van der Waals surface area contributed by atoms with Gasteiger partial charge < -0.3 is 20.1 Å². The predicted molar refractivity (Wildman–Crippen MR) is 79.0 cm³/mol. The number of anilines is 1. The number of halogens is 1. The van der Waals surface area contributed by atoms with Crippen LogP contribution in [0.5, 0.6) is 0 Å². The number of carboxylic acid groups (broad SMARTS) is 1. The van der Waals surface area contributed by atoms with Crippen LogP contribution in [0.3, 0.4) is 0 Å². The largest absolute Gasteiger partial charge is 0.478 e. The normalized spacial score (nSPS) is 18.4. The SMILES string of the molecule is CCC1COCCN1C(=O)Nc1cc(Cl)cc(C(=O)O)c1. The van der Waals surface area contributed by atoms with Crippen LogP contribution in [0, 0.1) is 0 Å². The molecule has 0 radical (unpaired) electrons. The maximum Gasteiger partial charge on any atom is 0.335 e. The van der Waals surface area contributed by atoms with Crippen molar-refractivity contribution in [3.05, 3.63) is 28.8 Å². The van der Waals surface area contributed by atoms with Crippen molar-refractivity contribution in [1.29, 1.82) is 0 Å². The van der Waals surface area contributed by atoms with Crippen LogP contribution in [-0.4, -0.2) is 47.8 Å². The van der Waals surface area contributed by atoms with E-state index < -0.39 is 5.97 Å². The number of aromatic carboxylic acids is 1. The van der Waals surface area contributed by atoms with E-state index in [1.807, 2.05) is 6.92 Å². The molecule has 0 saturated carbocycles. The Morgan fingerprint density at radius 2 is 2.24 bits per heavy atom.